The maximum absolute atomic E-state index is 11.3. The van der Waals surface area contributed by atoms with Gasteiger partial charge in [0.1, 0.15) is 0 Å². The van der Waals surface area contributed by atoms with E-state index in [-0.39, 0.29) is 0 Å². The Labute approximate surface area is 104 Å². The number of amides is 1. The molecule has 17 heavy (non-hydrogen) atoms. The van der Waals surface area contributed by atoms with E-state index in [9.17, 15) is 9.90 Å². The van der Waals surface area contributed by atoms with E-state index in [0.29, 0.717) is 16.4 Å². The lowest BCUT2D eigenvalue weighted by molar-refractivity contribution is 0.205. The van der Waals surface area contributed by atoms with Crippen molar-refractivity contribution in [3.8, 4) is 0 Å². The smallest absolute Gasteiger partial charge is 0.416 e. The fraction of sp³-hybridized carbons (Fsp3) is 0. The molecule has 4 heteroatoms. The molecular weight excluding hydrogens is 238 g/mol. The van der Waals surface area contributed by atoms with Crippen LogP contribution in [0.4, 0.5) is 16.2 Å². The number of hydrogen-bond acceptors (Lipinski definition) is 1. The zero-order valence-corrected chi connectivity index (χ0v) is 9.63. The highest BCUT2D eigenvalue weighted by atomic mass is 35.5. The molecule has 1 N–H and O–H groups in total. The van der Waals surface area contributed by atoms with Crippen molar-refractivity contribution < 1.29 is 9.90 Å². The number of para-hydroxylation sites is 1. The molecular formula is C13H10ClNO2. The summed E-state index contributed by atoms with van der Waals surface area (Å²) in [7, 11) is 0. The normalized spacial score (nSPS) is 9.94. The van der Waals surface area contributed by atoms with Gasteiger partial charge in [-0.2, -0.15) is 0 Å². The first-order valence-corrected chi connectivity index (χ1v) is 5.40. The lowest BCUT2D eigenvalue weighted by atomic mass is 10.2. The zero-order chi connectivity index (χ0) is 12.3. The third-order valence-corrected chi connectivity index (χ3v) is 2.51. The minimum atomic E-state index is -1.04. The molecule has 0 unspecified atom stereocenters. The fourth-order valence-electron chi connectivity index (χ4n) is 1.56. The van der Waals surface area contributed by atoms with Gasteiger partial charge in [-0.15, -0.1) is 0 Å². The highest BCUT2D eigenvalue weighted by molar-refractivity contribution is 6.31. The monoisotopic (exact) mass is 247 g/mol. The lowest BCUT2D eigenvalue weighted by Crippen LogP contribution is -2.23. The van der Waals surface area contributed by atoms with Gasteiger partial charge in [0.2, 0.25) is 0 Å². The highest BCUT2D eigenvalue weighted by Gasteiger charge is 2.16. The molecule has 0 aliphatic heterocycles. The van der Waals surface area contributed by atoms with Crippen LogP contribution in [0.2, 0.25) is 5.02 Å². The van der Waals surface area contributed by atoms with Crippen LogP contribution in [0.25, 0.3) is 0 Å². The fourth-order valence-corrected chi connectivity index (χ4v) is 1.75. The van der Waals surface area contributed by atoms with Crippen LogP contribution in [0, 0.1) is 0 Å². The van der Waals surface area contributed by atoms with Crippen molar-refractivity contribution in [2.24, 2.45) is 0 Å². The van der Waals surface area contributed by atoms with Gasteiger partial charge in [-0.3, -0.25) is 0 Å². The van der Waals surface area contributed by atoms with Gasteiger partial charge >= 0.3 is 6.09 Å². The number of hydrogen-bond donors (Lipinski definition) is 1. The molecule has 0 radical (unpaired) electrons. The Balaban J connectivity index is 2.47. The van der Waals surface area contributed by atoms with E-state index in [0.717, 1.165) is 0 Å². The molecule has 0 aliphatic rings. The van der Waals surface area contributed by atoms with Crippen LogP contribution in [-0.4, -0.2) is 11.2 Å². The molecule has 0 spiro atoms. The van der Waals surface area contributed by atoms with Gasteiger partial charge in [0.25, 0.3) is 0 Å². The van der Waals surface area contributed by atoms with E-state index in [1.165, 1.54) is 4.90 Å². The van der Waals surface area contributed by atoms with Gasteiger partial charge in [0.05, 0.1) is 11.4 Å². The standard InChI is InChI=1S/C13H10ClNO2/c14-10-5-4-8-12(9-10)15(13(16)17)11-6-2-1-3-7-11/h1-9H,(H,16,17). The van der Waals surface area contributed by atoms with E-state index in [2.05, 4.69) is 0 Å². The van der Waals surface area contributed by atoms with Gasteiger partial charge in [-0.25, -0.2) is 9.69 Å². The van der Waals surface area contributed by atoms with E-state index in [4.69, 9.17) is 11.6 Å². The van der Waals surface area contributed by atoms with Crippen molar-refractivity contribution in [3.63, 3.8) is 0 Å². The topological polar surface area (TPSA) is 40.5 Å². The van der Waals surface area contributed by atoms with Crippen LogP contribution in [0.15, 0.2) is 54.6 Å². The third-order valence-electron chi connectivity index (χ3n) is 2.27. The van der Waals surface area contributed by atoms with Crippen LogP contribution in [0.5, 0.6) is 0 Å². The van der Waals surface area contributed by atoms with Gasteiger partial charge < -0.3 is 5.11 Å². The van der Waals surface area contributed by atoms with Crippen LogP contribution >= 0.6 is 11.6 Å². The number of halogens is 1. The second kappa shape index (κ2) is 4.89. The van der Waals surface area contributed by atoms with Crippen molar-refractivity contribution in [2.45, 2.75) is 0 Å². The van der Waals surface area contributed by atoms with Gasteiger partial charge in [0, 0.05) is 5.02 Å². The summed E-state index contributed by atoms with van der Waals surface area (Å²) in [4.78, 5) is 12.5. The van der Waals surface area contributed by atoms with Crippen molar-refractivity contribution in [1.29, 1.82) is 0 Å². The highest BCUT2D eigenvalue weighted by Crippen LogP contribution is 2.27. The Morgan fingerprint density at radius 3 is 2.24 bits per heavy atom. The van der Waals surface area contributed by atoms with Crippen LogP contribution in [0.1, 0.15) is 0 Å². The summed E-state index contributed by atoms with van der Waals surface area (Å²) in [5.74, 6) is 0. The summed E-state index contributed by atoms with van der Waals surface area (Å²) in [5, 5.41) is 9.76. The molecule has 0 fully saturated rings. The molecule has 3 nitrogen and oxygen atoms in total. The minimum Gasteiger partial charge on any atom is -0.464 e. The second-order valence-corrected chi connectivity index (χ2v) is 3.87. The molecule has 2 rings (SSSR count). The molecule has 0 bridgehead atoms. The van der Waals surface area contributed by atoms with Crippen LogP contribution in [-0.2, 0) is 0 Å². The van der Waals surface area contributed by atoms with Crippen molar-refractivity contribution in [2.75, 3.05) is 4.90 Å². The molecule has 2 aromatic rings. The molecule has 0 atom stereocenters. The average molecular weight is 248 g/mol. The lowest BCUT2D eigenvalue weighted by Gasteiger charge is -2.19. The first-order valence-electron chi connectivity index (χ1n) is 5.02. The predicted molar refractivity (Wildman–Crippen MR) is 68.1 cm³/mol. The summed E-state index contributed by atoms with van der Waals surface area (Å²) in [6.45, 7) is 0. The third kappa shape index (κ3) is 2.57. The minimum absolute atomic E-state index is 0.504. The maximum atomic E-state index is 11.3. The summed E-state index contributed by atoms with van der Waals surface area (Å²) in [6, 6.07) is 15.6. The molecule has 0 aliphatic carbocycles. The Hall–Kier alpha value is -2.00. The molecule has 0 saturated carbocycles. The van der Waals surface area contributed by atoms with Gasteiger partial charge in [-0.05, 0) is 30.3 Å². The van der Waals surface area contributed by atoms with E-state index < -0.39 is 6.09 Å². The first-order chi connectivity index (χ1) is 8.18. The molecule has 0 aromatic heterocycles. The summed E-state index contributed by atoms with van der Waals surface area (Å²) < 4.78 is 0. The van der Waals surface area contributed by atoms with Gasteiger partial charge in [0.15, 0.2) is 0 Å². The summed E-state index contributed by atoms with van der Waals surface area (Å²) >= 11 is 5.86. The number of rotatable bonds is 2. The Morgan fingerprint density at radius 2 is 1.65 bits per heavy atom. The number of carboxylic acid groups (broad SMARTS) is 1. The van der Waals surface area contributed by atoms with E-state index in [1.54, 1.807) is 48.5 Å². The van der Waals surface area contributed by atoms with Crippen LogP contribution < -0.4 is 4.90 Å². The molecule has 86 valence electrons. The molecule has 0 saturated heterocycles. The van der Waals surface area contributed by atoms with E-state index in [1.807, 2.05) is 6.07 Å². The SMILES string of the molecule is O=C(O)N(c1ccccc1)c1cccc(Cl)c1. The quantitative estimate of drug-likeness (QED) is 0.866. The zero-order valence-electron chi connectivity index (χ0n) is 8.88. The largest absolute Gasteiger partial charge is 0.464 e. The van der Waals surface area contributed by atoms with Gasteiger partial charge in [-0.1, -0.05) is 35.9 Å². The Bertz CT molecular complexity index is 528. The predicted octanol–water partition coefficient (Wildman–Crippen LogP) is 4.16. The van der Waals surface area contributed by atoms with E-state index >= 15 is 0 Å². The first kappa shape index (κ1) is 11.5. The number of nitrogens with zero attached hydrogens (tertiary/aromatic N) is 1. The van der Waals surface area contributed by atoms with Crippen molar-refractivity contribution in [1.82, 2.24) is 0 Å². The van der Waals surface area contributed by atoms with Crippen molar-refractivity contribution in [3.05, 3.63) is 59.6 Å². The van der Waals surface area contributed by atoms with Crippen LogP contribution in [0.3, 0.4) is 0 Å². The number of carbonyl (C=O) groups is 1. The van der Waals surface area contributed by atoms with Crippen molar-refractivity contribution >= 4 is 29.1 Å². The second-order valence-electron chi connectivity index (χ2n) is 3.43. The molecule has 1 amide bonds. The number of benzene rings is 2. The average Bonchev–Trinajstić information content (AvgIpc) is 2.30. The molecule has 2 aromatic carbocycles. The molecule has 0 heterocycles. The summed E-state index contributed by atoms with van der Waals surface area (Å²) in [5.41, 5.74) is 1.11. The summed E-state index contributed by atoms with van der Waals surface area (Å²) in [6.07, 6.45) is -1.04. The number of anilines is 2. The Morgan fingerprint density at radius 1 is 1.00 bits per heavy atom. The maximum Gasteiger partial charge on any atom is 0.416 e. The Kier molecular flexibility index (Phi) is 3.30.